The van der Waals surface area contributed by atoms with Crippen molar-refractivity contribution in [3.05, 3.63) is 41.2 Å². The van der Waals surface area contributed by atoms with E-state index in [0.717, 1.165) is 0 Å². The number of halogens is 1. The minimum Gasteiger partial charge on any atom is -0.316 e. The maximum Gasteiger partial charge on any atom is 0.141 e. The van der Waals surface area contributed by atoms with Crippen LogP contribution in [0, 0.1) is 17.1 Å². The monoisotopic (exact) mass is 190 g/mol. The molecule has 72 valence electrons. The van der Waals surface area contributed by atoms with Crippen LogP contribution in [0.3, 0.4) is 0 Å². The molecule has 0 bridgehead atoms. The van der Waals surface area contributed by atoms with E-state index < -0.39 is 5.82 Å². The van der Waals surface area contributed by atoms with Gasteiger partial charge in [0.15, 0.2) is 0 Å². The Morgan fingerprint density at radius 1 is 1.57 bits per heavy atom. The van der Waals surface area contributed by atoms with Gasteiger partial charge in [-0.2, -0.15) is 5.26 Å². The summed E-state index contributed by atoms with van der Waals surface area (Å²) in [7, 11) is 1.82. The molecule has 14 heavy (non-hydrogen) atoms. The van der Waals surface area contributed by atoms with E-state index in [-0.39, 0.29) is 5.56 Å². The predicted molar refractivity (Wildman–Crippen MR) is 54.1 cm³/mol. The highest BCUT2D eigenvalue weighted by atomic mass is 19.1. The van der Waals surface area contributed by atoms with Crippen LogP contribution in [0.4, 0.5) is 4.39 Å². The van der Waals surface area contributed by atoms with Crippen LogP contribution in [-0.2, 0) is 0 Å². The van der Waals surface area contributed by atoms with Gasteiger partial charge in [-0.25, -0.2) is 4.39 Å². The van der Waals surface area contributed by atoms with E-state index >= 15 is 0 Å². The Kier molecular flexibility index (Phi) is 3.84. The maximum atomic E-state index is 13.1. The zero-order valence-electron chi connectivity index (χ0n) is 7.92. The van der Waals surface area contributed by atoms with Crippen molar-refractivity contribution < 1.29 is 4.39 Å². The molecule has 3 heteroatoms. The lowest BCUT2D eigenvalue weighted by atomic mass is 10.1. The number of rotatable bonds is 3. The smallest absolute Gasteiger partial charge is 0.141 e. The van der Waals surface area contributed by atoms with Gasteiger partial charge in [0.25, 0.3) is 0 Å². The molecule has 0 atom stereocenters. The quantitative estimate of drug-likeness (QED) is 0.790. The highest BCUT2D eigenvalue weighted by Crippen LogP contribution is 2.13. The van der Waals surface area contributed by atoms with Gasteiger partial charge in [0.1, 0.15) is 11.9 Å². The number of hydrogen-bond donors (Lipinski definition) is 1. The van der Waals surface area contributed by atoms with Gasteiger partial charge in [0.2, 0.25) is 0 Å². The number of nitrogens with zero attached hydrogens (tertiary/aromatic N) is 1. The topological polar surface area (TPSA) is 35.8 Å². The van der Waals surface area contributed by atoms with Crippen LogP contribution in [-0.4, -0.2) is 13.6 Å². The highest BCUT2D eigenvalue weighted by Gasteiger charge is 2.03. The molecule has 0 aliphatic carbocycles. The standard InChI is InChI=1S/C11H11FN2/c1-14-7-3-5-9-4-2-6-11(12)10(9)8-13/h2-6,14H,7H2,1H3. The summed E-state index contributed by atoms with van der Waals surface area (Å²) < 4.78 is 13.1. The molecule has 1 aromatic carbocycles. The molecule has 0 aliphatic heterocycles. The number of nitriles is 1. The summed E-state index contributed by atoms with van der Waals surface area (Å²) in [6.45, 7) is 0.696. The molecule has 0 saturated carbocycles. The third kappa shape index (κ3) is 2.41. The largest absolute Gasteiger partial charge is 0.316 e. The average molecular weight is 190 g/mol. The molecule has 1 aromatic rings. The minimum atomic E-state index is -0.473. The van der Waals surface area contributed by atoms with Gasteiger partial charge in [0.05, 0.1) is 5.56 Å². The van der Waals surface area contributed by atoms with Gasteiger partial charge in [-0.3, -0.25) is 0 Å². The van der Waals surface area contributed by atoms with Crippen molar-refractivity contribution in [2.45, 2.75) is 0 Å². The van der Waals surface area contributed by atoms with Gasteiger partial charge >= 0.3 is 0 Å². The first-order valence-electron chi connectivity index (χ1n) is 4.29. The fourth-order valence-corrected chi connectivity index (χ4v) is 1.10. The summed E-state index contributed by atoms with van der Waals surface area (Å²) >= 11 is 0. The Labute approximate surface area is 82.7 Å². The highest BCUT2D eigenvalue weighted by molar-refractivity contribution is 5.58. The Balaban J connectivity index is 2.98. The van der Waals surface area contributed by atoms with E-state index in [1.54, 1.807) is 18.2 Å². The Hall–Kier alpha value is -1.66. The van der Waals surface area contributed by atoms with E-state index in [1.165, 1.54) is 6.07 Å². The first kappa shape index (κ1) is 10.4. The van der Waals surface area contributed by atoms with Crippen LogP contribution in [0.2, 0.25) is 0 Å². The predicted octanol–water partition coefficient (Wildman–Crippen LogP) is 1.93. The van der Waals surface area contributed by atoms with Crippen LogP contribution in [0.5, 0.6) is 0 Å². The molecular formula is C11H11FN2. The van der Waals surface area contributed by atoms with Crippen LogP contribution in [0.15, 0.2) is 24.3 Å². The van der Waals surface area contributed by atoms with E-state index in [9.17, 15) is 4.39 Å². The van der Waals surface area contributed by atoms with E-state index in [4.69, 9.17) is 5.26 Å². The third-order valence-electron chi connectivity index (χ3n) is 1.78. The second-order valence-electron chi connectivity index (χ2n) is 2.78. The van der Waals surface area contributed by atoms with Crippen molar-refractivity contribution in [2.24, 2.45) is 0 Å². The lowest BCUT2D eigenvalue weighted by molar-refractivity contribution is 0.623. The Morgan fingerprint density at radius 2 is 2.36 bits per heavy atom. The fourth-order valence-electron chi connectivity index (χ4n) is 1.10. The molecule has 0 fully saturated rings. The van der Waals surface area contributed by atoms with Gasteiger partial charge in [-0.1, -0.05) is 24.3 Å². The zero-order valence-corrected chi connectivity index (χ0v) is 7.92. The fraction of sp³-hybridized carbons (Fsp3) is 0.182. The molecule has 0 saturated heterocycles. The number of hydrogen-bond acceptors (Lipinski definition) is 2. The normalized spacial score (nSPS) is 10.4. The molecule has 1 N–H and O–H groups in total. The summed E-state index contributed by atoms with van der Waals surface area (Å²) in [6.07, 6.45) is 3.58. The van der Waals surface area contributed by atoms with Gasteiger partial charge in [-0.15, -0.1) is 0 Å². The van der Waals surface area contributed by atoms with Crippen molar-refractivity contribution in [3.8, 4) is 6.07 Å². The Morgan fingerprint density at radius 3 is 3.00 bits per heavy atom. The molecule has 0 amide bonds. The molecular weight excluding hydrogens is 179 g/mol. The summed E-state index contributed by atoms with van der Waals surface area (Å²) in [4.78, 5) is 0. The molecule has 0 unspecified atom stereocenters. The lowest BCUT2D eigenvalue weighted by Gasteiger charge is -1.98. The average Bonchev–Trinajstić information content (AvgIpc) is 2.18. The summed E-state index contributed by atoms with van der Waals surface area (Å²) in [6, 6.07) is 6.44. The lowest BCUT2D eigenvalue weighted by Crippen LogP contribution is -2.03. The number of benzene rings is 1. The van der Waals surface area contributed by atoms with Crippen LogP contribution < -0.4 is 5.32 Å². The van der Waals surface area contributed by atoms with Crippen molar-refractivity contribution >= 4 is 6.08 Å². The first-order valence-corrected chi connectivity index (χ1v) is 4.29. The molecule has 1 rings (SSSR count). The van der Waals surface area contributed by atoms with Crippen molar-refractivity contribution in [3.63, 3.8) is 0 Å². The molecule has 0 spiro atoms. The second kappa shape index (κ2) is 5.15. The first-order chi connectivity index (χ1) is 6.79. The van der Waals surface area contributed by atoms with Gasteiger partial charge in [-0.05, 0) is 18.7 Å². The number of nitrogens with one attached hydrogen (secondary N) is 1. The summed E-state index contributed by atoms with van der Waals surface area (Å²) in [5, 5.41) is 11.6. The SMILES string of the molecule is CNCC=Cc1cccc(F)c1C#N. The maximum absolute atomic E-state index is 13.1. The van der Waals surface area contributed by atoms with Gasteiger partial charge in [0, 0.05) is 6.54 Å². The molecule has 0 heterocycles. The van der Waals surface area contributed by atoms with E-state index in [2.05, 4.69) is 5.32 Å². The minimum absolute atomic E-state index is 0.0971. The van der Waals surface area contributed by atoms with Crippen molar-refractivity contribution in [1.29, 1.82) is 5.26 Å². The molecule has 2 nitrogen and oxygen atoms in total. The third-order valence-corrected chi connectivity index (χ3v) is 1.78. The summed E-state index contributed by atoms with van der Waals surface area (Å²) in [5.74, 6) is -0.473. The van der Waals surface area contributed by atoms with Crippen LogP contribution in [0.1, 0.15) is 11.1 Å². The van der Waals surface area contributed by atoms with E-state index in [1.807, 2.05) is 19.2 Å². The summed E-state index contributed by atoms with van der Waals surface area (Å²) in [5.41, 5.74) is 0.711. The van der Waals surface area contributed by atoms with Crippen LogP contribution >= 0.6 is 0 Å². The molecule has 0 aromatic heterocycles. The number of likely N-dealkylation sites (N-methyl/N-ethyl adjacent to an activating group) is 1. The molecule has 0 aliphatic rings. The zero-order chi connectivity index (χ0) is 10.4. The van der Waals surface area contributed by atoms with Crippen LogP contribution in [0.25, 0.3) is 6.08 Å². The Bertz CT molecular complexity index is 377. The molecule has 0 radical (unpaired) electrons. The van der Waals surface area contributed by atoms with Crippen molar-refractivity contribution in [1.82, 2.24) is 5.32 Å². The van der Waals surface area contributed by atoms with Crippen molar-refractivity contribution in [2.75, 3.05) is 13.6 Å². The van der Waals surface area contributed by atoms with Gasteiger partial charge < -0.3 is 5.32 Å². The second-order valence-corrected chi connectivity index (χ2v) is 2.78. The van der Waals surface area contributed by atoms with E-state index in [0.29, 0.717) is 12.1 Å².